The second-order valence-corrected chi connectivity index (χ2v) is 8.60. The highest BCUT2D eigenvalue weighted by Gasteiger charge is 1.97. The van der Waals surface area contributed by atoms with Crippen molar-refractivity contribution < 1.29 is 4.74 Å². The zero-order valence-electron chi connectivity index (χ0n) is 18.1. The van der Waals surface area contributed by atoms with E-state index in [2.05, 4.69) is 76.2 Å². The lowest BCUT2D eigenvalue weighted by Crippen LogP contribution is -1.84. The summed E-state index contributed by atoms with van der Waals surface area (Å²) in [5.74, 6) is 1.76. The van der Waals surface area contributed by atoms with Crippen molar-refractivity contribution >= 4 is 11.8 Å². The maximum absolute atomic E-state index is 5.69. The number of aryl methyl sites for hydroxylation is 4. The molecule has 0 saturated heterocycles. The van der Waals surface area contributed by atoms with Gasteiger partial charge in [0, 0.05) is 9.79 Å². The van der Waals surface area contributed by atoms with Gasteiger partial charge in [0.05, 0.1) is 0 Å². The van der Waals surface area contributed by atoms with Crippen molar-refractivity contribution in [1.29, 1.82) is 0 Å². The Morgan fingerprint density at radius 3 is 0.967 bits per heavy atom. The molecular formula is C28H28OS. The lowest BCUT2D eigenvalue weighted by molar-refractivity contribution is 0.482. The molecule has 0 radical (unpaired) electrons. The molecule has 30 heavy (non-hydrogen) atoms. The maximum atomic E-state index is 5.69. The first-order valence-electron chi connectivity index (χ1n) is 10.1. The molecular weight excluding hydrogens is 384 g/mol. The summed E-state index contributed by atoms with van der Waals surface area (Å²) in [5, 5.41) is 0. The monoisotopic (exact) mass is 412 g/mol. The van der Waals surface area contributed by atoms with Crippen LogP contribution in [0.3, 0.4) is 0 Å². The van der Waals surface area contributed by atoms with Crippen molar-refractivity contribution in [3.05, 3.63) is 119 Å². The van der Waals surface area contributed by atoms with Crippen LogP contribution in [0.4, 0.5) is 0 Å². The first kappa shape index (κ1) is 21.7. The average Bonchev–Trinajstić information content (AvgIpc) is 2.75. The first-order valence-corrected chi connectivity index (χ1v) is 10.9. The summed E-state index contributed by atoms with van der Waals surface area (Å²) in [5.41, 5.74) is 5.10. The molecule has 4 aromatic carbocycles. The van der Waals surface area contributed by atoms with E-state index in [-0.39, 0.29) is 0 Å². The fourth-order valence-electron chi connectivity index (χ4n) is 2.70. The summed E-state index contributed by atoms with van der Waals surface area (Å²) in [6.07, 6.45) is 0. The van der Waals surface area contributed by atoms with Crippen LogP contribution in [0.15, 0.2) is 107 Å². The smallest absolute Gasteiger partial charge is 0.127 e. The van der Waals surface area contributed by atoms with Crippen LogP contribution < -0.4 is 4.74 Å². The Balaban J connectivity index is 0.000000171. The van der Waals surface area contributed by atoms with E-state index in [0.717, 1.165) is 11.5 Å². The normalized spacial score (nSPS) is 10.1. The van der Waals surface area contributed by atoms with E-state index < -0.39 is 0 Å². The summed E-state index contributed by atoms with van der Waals surface area (Å²) < 4.78 is 5.69. The number of ether oxygens (including phenoxy) is 1. The largest absolute Gasteiger partial charge is 0.457 e. The van der Waals surface area contributed by atoms with Crippen LogP contribution in [-0.4, -0.2) is 0 Å². The highest BCUT2D eigenvalue weighted by atomic mass is 32.2. The quantitative estimate of drug-likeness (QED) is 0.332. The minimum Gasteiger partial charge on any atom is -0.457 e. The van der Waals surface area contributed by atoms with Crippen molar-refractivity contribution in [2.24, 2.45) is 0 Å². The van der Waals surface area contributed by atoms with Crippen LogP contribution in [0.1, 0.15) is 22.3 Å². The number of rotatable bonds is 4. The fraction of sp³-hybridized carbons (Fsp3) is 0.143. The van der Waals surface area contributed by atoms with Gasteiger partial charge in [-0.1, -0.05) is 82.5 Å². The molecule has 2 heteroatoms. The van der Waals surface area contributed by atoms with Crippen molar-refractivity contribution in [2.45, 2.75) is 37.5 Å². The summed E-state index contributed by atoms with van der Waals surface area (Å²) in [7, 11) is 0. The molecule has 0 heterocycles. The minimum atomic E-state index is 0.879. The van der Waals surface area contributed by atoms with Gasteiger partial charge >= 0.3 is 0 Å². The molecule has 0 saturated carbocycles. The van der Waals surface area contributed by atoms with Gasteiger partial charge in [-0.3, -0.25) is 0 Å². The van der Waals surface area contributed by atoms with Crippen molar-refractivity contribution in [1.82, 2.24) is 0 Å². The third-order valence-electron chi connectivity index (χ3n) is 4.56. The van der Waals surface area contributed by atoms with Gasteiger partial charge in [-0.15, -0.1) is 0 Å². The molecule has 152 valence electrons. The summed E-state index contributed by atoms with van der Waals surface area (Å²) in [4.78, 5) is 2.59. The zero-order valence-corrected chi connectivity index (χ0v) is 18.9. The number of hydrogen-bond donors (Lipinski definition) is 0. The minimum absolute atomic E-state index is 0.879. The first-order chi connectivity index (χ1) is 14.5. The van der Waals surface area contributed by atoms with E-state index in [1.54, 1.807) is 11.8 Å². The molecule has 0 aromatic heterocycles. The van der Waals surface area contributed by atoms with Crippen molar-refractivity contribution in [3.8, 4) is 11.5 Å². The molecule has 0 aliphatic rings. The van der Waals surface area contributed by atoms with Crippen LogP contribution in [0.2, 0.25) is 0 Å². The van der Waals surface area contributed by atoms with Crippen LogP contribution in [-0.2, 0) is 0 Å². The molecule has 0 spiro atoms. The number of hydrogen-bond acceptors (Lipinski definition) is 2. The predicted octanol–water partition coefficient (Wildman–Crippen LogP) is 8.55. The van der Waals surface area contributed by atoms with Gasteiger partial charge < -0.3 is 4.74 Å². The van der Waals surface area contributed by atoms with Crippen molar-refractivity contribution in [2.75, 3.05) is 0 Å². The van der Waals surface area contributed by atoms with E-state index >= 15 is 0 Å². The summed E-state index contributed by atoms with van der Waals surface area (Å²) in [6.45, 7) is 8.35. The lowest BCUT2D eigenvalue weighted by Gasteiger charge is -2.05. The topological polar surface area (TPSA) is 9.23 Å². The van der Waals surface area contributed by atoms with Gasteiger partial charge in [0.15, 0.2) is 0 Å². The SMILES string of the molecule is Cc1ccc(Oc2ccc(C)cc2)cc1.Cc1ccc(Sc2ccc(C)cc2)cc1. The second kappa shape index (κ2) is 10.7. The zero-order chi connectivity index (χ0) is 21.3. The van der Waals surface area contributed by atoms with Crippen LogP contribution in [0.5, 0.6) is 11.5 Å². The van der Waals surface area contributed by atoms with Gasteiger partial charge in [0.2, 0.25) is 0 Å². The predicted molar refractivity (Wildman–Crippen MR) is 129 cm³/mol. The fourth-order valence-corrected chi connectivity index (χ4v) is 3.51. The van der Waals surface area contributed by atoms with E-state index in [4.69, 9.17) is 4.74 Å². The Hall–Kier alpha value is -2.97. The van der Waals surface area contributed by atoms with E-state index in [9.17, 15) is 0 Å². The van der Waals surface area contributed by atoms with Crippen LogP contribution in [0.25, 0.3) is 0 Å². The molecule has 4 rings (SSSR count). The highest BCUT2D eigenvalue weighted by Crippen LogP contribution is 2.27. The Bertz CT molecular complexity index is 856. The molecule has 0 unspecified atom stereocenters. The molecule has 0 bridgehead atoms. The maximum Gasteiger partial charge on any atom is 0.127 e. The third-order valence-corrected chi connectivity index (χ3v) is 5.57. The van der Waals surface area contributed by atoms with Crippen LogP contribution in [0, 0.1) is 27.7 Å². The summed E-state index contributed by atoms with van der Waals surface area (Å²) >= 11 is 1.80. The third kappa shape index (κ3) is 7.13. The van der Waals surface area contributed by atoms with Crippen LogP contribution >= 0.6 is 11.8 Å². The highest BCUT2D eigenvalue weighted by molar-refractivity contribution is 7.99. The molecule has 4 aromatic rings. The Labute approximate surface area is 184 Å². The van der Waals surface area contributed by atoms with Crippen molar-refractivity contribution in [3.63, 3.8) is 0 Å². The lowest BCUT2D eigenvalue weighted by atomic mass is 10.2. The summed E-state index contributed by atoms with van der Waals surface area (Å²) in [6, 6.07) is 33.4. The van der Waals surface area contributed by atoms with Gasteiger partial charge in [0.25, 0.3) is 0 Å². The molecule has 0 amide bonds. The van der Waals surface area contributed by atoms with Gasteiger partial charge in [-0.25, -0.2) is 0 Å². The van der Waals surface area contributed by atoms with E-state index in [0.29, 0.717) is 0 Å². The molecule has 0 atom stereocenters. The molecule has 0 aliphatic heterocycles. The van der Waals surface area contributed by atoms with E-state index in [1.807, 2.05) is 48.5 Å². The van der Waals surface area contributed by atoms with E-state index in [1.165, 1.54) is 32.0 Å². The Kier molecular flexibility index (Phi) is 7.75. The van der Waals surface area contributed by atoms with Gasteiger partial charge in [-0.2, -0.15) is 0 Å². The Morgan fingerprint density at radius 2 is 0.667 bits per heavy atom. The molecule has 0 fully saturated rings. The molecule has 1 nitrogen and oxygen atoms in total. The average molecular weight is 413 g/mol. The standard InChI is InChI=1S/C14H14O.C14H14S/c2*1-11-3-7-13(8-4-11)15-14-9-5-12(2)6-10-14/h2*3-10H,1-2H3. The number of benzene rings is 4. The van der Waals surface area contributed by atoms with Gasteiger partial charge in [0.1, 0.15) is 11.5 Å². The second-order valence-electron chi connectivity index (χ2n) is 7.46. The van der Waals surface area contributed by atoms with Gasteiger partial charge in [-0.05, 0) is 76.2 Å². The molecule has 0 aliphatic carbocycles. The Morgan fingerprint density at radius 1 is 0.400 bits per heavy atom. The molecule has 0 N–H and O–H groups in total.